The highest BCUT2D eigenvalue weighted by molar-refractivity contribution is 6.42. The zero-order valence-corrected chi connectivity index (χ0v) is 21.4. The van der Waals surface area contributed by atoms with Crippen LogP contribution in [0.5, 0.6) is 0 Å². The molecule has 1 fully saturated rings. The number of hydrogen-bond donors (Lipinski definition) is 3. The van der Waals surface area contributed by atoms with Gasteiger partial charge in [0, 0.05) is 30.8 Å². The topological polar surface area (TPSA) is 129 Å². The van der Waals surface area contributed by atoms with E-state index in [0.29, 0.717) is 53.1 Å². The lowest BCUT2D eigenvalue weighted by Crippen LogP contribution is -2.61. The normalized spacial score (nSPS) is 28.1. The number of rotatable bonds is 5. The lowest BCUT2D eigenvalue weighted by molar-refractivity contribution is -0.0240. The van der Waals surface area contributed by atoms with E-state index in [2.05, 4.69) is 25.5 Å². The van der Waals surface area contributed by atoms with E-state index in [0.717, 1.165) is 10.5 Å². The maximum Gasteiger partial charge on any atom is 0.329 e. The number of nitrogens with zero attached hydrogens (tertiary/aromatic N) is 8. The van der Waals surface area contributed by atoms with Gasteiger partial charge >= 0.3 is 6.55 Å². The number of H-pyrrole nitrogens is 1. The molecule has 202 valence electrons. The number of aliphatic hydroxyl groups excluding tert-OH is 1. The number of morpholine rings is 1. The number of fused-ring (bicyclic) bond motifs is 2. The Morgan fingerprint density at radius 2 is 2.05 bits per heavy atom. The number of hydrogen-bond acceptors (Lipinski definition) is 9. The summed E-state index contributed by atoms with van der Waals surface area (Å²) in [5.74, 6) is 0.887. The van der Waals surface area contributed by atoms with E-state index < -0.39 is 12.7 Å². The molecule has 0 aliphatic carbocycles. The van der Waals surface area contributed by atoms with Gasteiger partial charge in [-0.3, -0.25) is 5.32 Å². The van der Waals surface area contributed by atoms with E-state index in [1.165, 1.54) is 6.21 Å². The fourth-order valence-corrected chi connectivity index (χ4v) is 5.20. The minimum absolute atomic E-state index is 0.0599. The number of guanidine groups is 2. The maximum atomic E-state index is 13.2. The minimum Gasteiger partial charge on any atom is -0.394 e. The number of aromatic amines is 1. The van der Waals surface area contributed by atoms with Gasteiger partial charge < -0.3 is 19.7 Å². The quantitative estimate of drug-likeness (QED) is 0.468. The second-order valence-electron chi connectivity index (χ2n) is 9.22. The van der Waals surface area contributed by atoms with Crippen LogP contribution in [-0.2, 0) is 11.3 Å². The van der Waals surface area contributed by atoms with Gasteiger partial charge in [-0.15, -0.1) is 0 Å². The van der Waals surface area contributed by atoms with Crippen LogP contribution in [0.25, 0.3) is 11.0 Å². The molecule has 3 unspecified atom stereocenters. The van der Waals surface area contributed by atoms with Crippen molar-refractivity contribution in [1.29, 1.82) is 0 Å². The predicted molar refractivity (Wildman–Crippen MR) is 139 cm³/mol. The van der Waals surface area contributed by atoms with Crippen LogP contribution in [0.4, 0.5) is 8.78 Å². The molecule has 6 rings (SSSR count). The van der Waals surface area contributed by atoms with Crippen molar-refractivity contribution in [3.8, 4) is 0 Å². The fraction of sp³-hybridized carbons (Fsp3) is 0.500. The van der Waals surface area contributed by atoms with E-state index in [4.69, 9.17) is 37.9 Å². The number of alkyl halides is 2. The standard InChI is InChI=1S/C22H24Cl2F2N10O2/c23-14-3-16-17(4-15(14)24)31-18(30-16)7-27-21-33-22(34-1-2-38-10-12(34)9-37)32-19-13(6-29-36(19)21)11-5-28-35(8-11)20(25)26/h3-6,11-13,19-20,37H,1-2,7-10H2,(H,30,31)(H,27,32,33)/t11?,12-,13?,19?/m1/s1. The van der Waals surface area contributed by atoms with Crippen molar-refractivity contribution in [1.82, 2.24) is 30.2 Å². The molecule has 4 aliphatic rings. The zero-order chi connectivity index (χ0) is 26.4. The zero-order valence-electron chi connectivity index (χ0n) is 19.9. The first-order valence-electron chi connectivity index (χ1n) is 12.0. The SMILES string of the molecule is OC[C@@H]1COCCN1C1=NC2C(C3C=NN(C(F)F)C3)C=NN2C(=NCc2nc3cc(Cl)c(Cl)cc3[nH]2)N1. The molecule has 0 saturated carbocycles. The Balaban J connectivity index is 1.29. The summed E-state index contributed by atoms with van der Waals surface area (Å²) in [6.07, 6.45) is 2.69. The lowest BCUT2D eigenvalue weighted by atomic mass is 9.92. The number of aliphatic hydroxyl groups is 1. The molecule has 0 amide bonds. The Morgan fingerprint density at radius 3 is 2.84 bits per heavy atom. The van der Waals surface area contributed by atoms with Gasteiger partial charge in [-0.05, 0) is 12.1 Å². The van der Waals surface area contributed by atoms with Crippen LogP contribution < -0.4 is 5.32 Å². The Bertz CT molecular complexity index is 1300. The first-order valence-corrected chi connectivity index (χ1v) is 12.8. The molecule has 12 nitrogen and oxygen atoms in total. The maximum absolute atomic E-state index is 13.2. The molecule has 0 radical (unpaired) electrons. The molecular formula is C22H24Cl2F2N10O2. The second kappa shape index (κ2) is 10.2. The van der Waals surface area contributed by atoms with E-state index >= 15 is 0 Å². The first-order chi connectivity index (χ1) is 18.4. The summed E-state index contributed by atoms with van der Waals surface area (Å²) >= 11 is 12.2. The smallest absolute Gasteiger partial charge is 0.329 e. The average Bonchev–Trinajstić information content (AvgIpc) is 3.65. The summed E-state index contributed by atoms with van der Waals surface area (Å²) in [6.45, 7) is -1.23. The van der Waals surface area contributed by atoms with Gasteiger partial charge in [-0.25, -0.2) is 25.0 Å². The molecule has 4 aliphatic heterocycles. The van der Waals surface area contributed by atoms with Crippen LogP contribution in [0, 0.1) is 11.8 Å². The van der Waals surface area contributed by atoms with Crippen LogP contribution in [0.3, 0.4) is 0 Å². The number of ether oxygens (including phenoxy) is 1. The molecule has 1 aromatic carbocycles. The molecule has 1 aromatic heterocycles. The van der Waals surface area contributed by atoms with Crippen molar-refractivity contribution in [3.63, 3.8) is 0 Å². The molecule has 0 bridgehead atoms. The highest BCUT2D eigenvalue weighted by Crippen LogP contribution is 2.31. The van der Waals surface area contributed by atoms with Crippen LogP contribution in [0.2, 0.25) is 10.0 Å². The van der Waals surface area contributed by atoms with E-state index in [-0.39, 0.29) is 37.6 Å². The van der Waals surface area contributed by atoms with Gasteiger partial charge in [0.1, 0.15) is 12.4 Å². The summed E-state index contributed by atoms with van der Waals surface area (Å²) in [5, 5.41) is 24.7. The third-order valence-electron chi connectivity index (χ3n) is 6.84. The van der Waals surface area contributed by atoms with Crippen molar-refractivity contribution in [2.45, 2.75) is 25.3 Å². The lowest BCUT2D eigenvalue weighted by Gasteiger charge is -2.41. The molecule has 0 spiro atoms. The van der Waals surface area contributed by atoms with Gasteiger partial charge in [0.05, 0.1) is 53.5 Å². The van der Waals surface area contributed by atoms with Crippen LogP contribution in [-0.4, -0.2) is 106 Å². The molecule has 3 N–H and O–H groups in total. The number of hydrazone groups is 2. The van der Waals surface area contributed by atoms with Crippen molar-refractivity contribution < 1.29 is 18.6 Å². The highest BCUT2D eigenvalue weighted by Gasteiger charge is 2.44. The van der Waals surface area contributed by atoms with E-state index in [9.17, 15) is 13.9 Å². The third-order valence-corrected chi connectivity index (χ3v) is 7.56. The van der Waals surface area contributed by atoms with Gasteiger partial charge in [-0.1, -0.05) is 23.2 Å². The van der Waals surface area contributed by atoms with Crippen molar-refractivity contribution >= 4 is 58.6 Å². The number of imidazole rings is 1. The van der Waals surface area contributed by atoms with Gasteiger partial charge in [0.15, 0.2) is 6.17 Å². The van der Waals surface area contributed by atoms with Crippen LogP contribution in [0.1, 0.15) is 5.82 Å². The summed E-state index contributed by atoms with van der Waals surface area (Å²) in [6, 6.07) is 3.09. The van der Waals surface area contributed by atoms with Crippen molar-refractivity contribution in [2.75, 3.05) is 32.9 Å². The van der Waals surface area contributed by atoms with E-state index in [1.54, 1.807) is 23.4 Å². The molecule has 38 heavy (non-hydrogen) atoms. The summed E-state index contributed by atoms with van der Waals surface area (Å²) in [7, 11) is 0. The third kappa shape index (κ3) is 4.65. The summed E-state index contributed by atoms with van der Waals surface area (Å²) in [4.78, 5) is 19.3. The van der Waals surface area contributed by atoms with Gasteiger partial charge in [0.25, 0.3) is 0 Å². The fourth-order valence-electron chi connectivity index (χ4n) is 4.88. The second-order valence-corrected chi connectivity index (χ2v) is 10.0. The highest BCUT2D eigenvalue weighted by atomic mass is 35.5. The molecular weight excluding hydrogens is 545 g/mol. The van der Waals surface area contributed by atoms with Crippen molar-refractivity contribution in [3.05, 3.63) is 28.0 Å². The molecule has 2 aromatic rings. The minimum atomic E-state index is -2.68. The molecule has 4 atom stereocenters. The van der Waals surface area contributed by atoms with Gasteiger partial charge in [-0.2, -0.15) is 19.0 Å². The molecule has 1 saturated heterocycles. The molecule has 5 heterocycles. The Morgan fingerprint density at radius 1 is 1.21 bits per heavy atom. The Labute approximate surface area is 225 Å². The van der Waals surface area contributed by atoms with Crippen LogP contribution >= 0.6 is 23.2 Å². The monoisotopic (exact) mass is 568 g/mol. The first kappa shape index (κ1) is 25.2. The summed E-state index contributed by atoms with van der Waals surface area (Å²) < 4.78 is 31.9. The van der Waals surface area contributed by atoms with Crippen LogP contribution in [0.15, 0.2) is 32.3 Å². The number of aliphatic imine (C=N–C) groups is 2. The summed E-state index contributed by atoms with van der Waals surface area (Å²) in [5.41, 5.74) is 1.39. The van der Waals surface area contributed by atoms with Crippen molar-refractivity contribution in [2.24, 2.45) is 32.0 Å². The van der Waals surface area contributed by atoms with Gasteiger partial charge in [0.2, 0.25) is 11.9 Å². The van der Waals surface area contributed by atoms with E-state index in [1.807, 2.05) is 4.90 Å². The number of benzene rings is 1. The predicted octanol–water partition coefficient (Wildman–Crippen LogP) is 1.76. The average molecular weight is 569 g/mol. The largest absolute Gasteiger partial charge is 0.394 e. The molecule has 16 heteroatoms. The number of nitrogens with one attached hydrogen (secondary N) is 2. The Kier molecular flexibility index (Phi) is 6.80. The number of aromatic nitrogens is 2. The number of halogens is 4. The Hall–Kier alpha value is -3.07.